The lowest BCUT2D eigenvalue weighted by molar-refractivity contribution is -0.137. The van der Waals surface area contributed by atoms with Gasteiger partial charge in [0.15, 0.2) is 17.7 Å². The number of aliphatic hydroxyl groups is 2. The molecule has 0 spiro atoms. The lowest BCUT2D eigenvalue weighted by atomic mass is 9.87. The minimum atomic E-state index is -5.59. The van der Waals surface area contributed by atoms with E-state index < -0.39 is 96.6 Å². The van der Waals surface area contributed by atoms with E-state index in [9.17, 15) is 62.7 Å². The normalized spacial score (nSPS) is 21.6. The highest BCUT2D eigenvalue weighted by atomic mass is 32.2. The first-order valence-corrected chi connectivity index (χ1v) is 22.9. The summed E-state index contributed by atoms with van der Waals surface area (Å²) in [5.41, 5.74) is 10.0. The van der Waals surface area contributed by atoms with E-state index in [1.54, 1.807) is 0 Å². The molecule has 59 heavy (non-hydrogen) atoms. The van der Waals surface area contributed by atoms with Gasteiger partial charge in [0.25, 0.3) is 0 Å². The molecule has 1 saturated heterocycles. The second-order valence-electron chi connectivity index (χ2n) is 13.5. The Labute approximate surface area is 339 Å². The van der Waals surface area contributed by atoms with Crippen molar-refractivity contribution in [3.05, 3.63) is 12.7 Å². The number of carbonyl (C=O) groups is 4. The fraction of sp³-hybridized carbons (Fsp3) is 0.679. The summed E-state index contributed by atoms with van der Waals surface area (Å²) in [5, 5.41) is 34.6. The van der Waals surface area contributed by atoms with Crippen molar-refractivity contribution >= 4 is 75.1 Å². The largest absolute Gasteiger partial charge is 0.481 e. The van der Waals surface area contributed by atoms with Gasteiger partial charge in [-0.2, -0.15) is 4.31 Å². The van der Waals surface area contributed by atoms with Gasteiger partial charge in [0, 0.05) is 37.1 Å². The molecule has 13 N–H and O–H groups in total. The smallest absolute Gasteiger partial charge is 0.481 e. The van der Waals surface area contributed by atoms with Gasteiger partial charge in [0.1, 0.15) is 36.3 Å². The van der Waals surface area contributed by atoms with E-state index in [1.807, 2.05) is 0 Å². The molecule has 0 saturated carbocycles. The standard InChI is InChI=1S/C28H47N8O19P3S/c1-28(2,22(41)25(42)32-8-7-17(37)31-9-10-59-27(43)15(29)5-3-4-6-18(38)39)12-52-58(49,50)55-57(47,48)51-11-16-21(54-56(44,45)46)20(40)26(53-16)36-14-35-19-23(30)33-13-34-24(19)36/h13-16,20-22,26,40-41H,3-12,29H2,1-2H3,(H,31,37)(H,32,42)(H,38,39)(H,47,48)(H,49,50)(H2,30,33,34)(H2,44,45,46)/t15?,16-,20-,21-,22+,26-/m1/s1. The number of ether oxygens (including phenoxy) is 1. The van der Waals surface area contributed by atoms with Crippen LogP contribution in [-0.2, 0) is 55.5 Å². The van der Waals surface area contributed by atoms with E-state index in [1.165, 1.54) is 13.8 Å². The van der Waals surface area contributed by atoms with Gasteiger partial charge in [-0.3, -0.25) is 37.3 Å². The zero-order valence-corrected chi connectivity index (χ0v) is 34.9. The lowest BCUT2D eigenvalue weighted by Crippen LogP contribution is -2.46. The number of anilines is 1. The number of nitrogens with two attached hydrogens (primary N) is 2. The number of aromatic nitrogens is 4. The van der Waals surface area contributed by atoms with E-state index in [2.05, 4.69) is 34.4 Å². The number of hydrogen-bond acceptors (Lipinski definition) is 20. The van der Waals surface area contributed by atoms with Gasteiger partial charge < -0.3 is 61.7 Å². The highest BCUT2D eigenvalue weighted by molar-refractivity contribution is 8.13. The van der Waals surface area contributed by atoms with Crippen LogP contribution in [0.4, 0.5) is 5.82 Å². The summed E-state index contributed by atoms with van der Waals surface area (Å²) in [7, 11) is -16.5. The van der Waals surface area contributed by atoms with Gasteiger partial charge in [-0.1, -0.05) is 32.0 Å². The fourth-order valence-corrected chi connectivity index (χ4v) is 8.71. The number of hydrogen-bond donors (Lipinski definition) is 11. The molecule has 3 rings (SSSR count). The maximum absolute atomic E-state index is 12.7. The third kappa shape index (κ3) is 16.1. The van der Waals surface area contributed by atoms with E-state index in [0.717, 1.165) is 29.0 Å². The Morgan fingerprint density at radius 3 is 2.36 bits per heavy atom. The molecule has 0 radical (unpaired) electrons. The van der Waals surface area contributed by atoms with Crippen LogP contribution >= 0.6 is 35.2 Å². The molecule has 1 aliphatic heterocycles. The Morgan fingerprint density at radius 2 is 1.69 bits per heavy atom. The van der Waals surface area contributed by atoms with Crippen LogP contribution in [0, 0.1) is 5.41 Å². The van der Waals surface area contributed by atoms with Crippen LogP contribution in [0.2, 0.25) is 0 Å². The Balaban J connectivity index is 1.44. The summed E-state index contributed by atoms with van der Waals surface area (Å²) in [5.74, 6) is -2.31. The highest BCUT2D eigenvalue weighted by Crippen LogP contribution is 2.61. The molecule has 1 fully saturated rings. The number of phosphoric ester groups is 3. The number of carbonyl (C=O) groups excluding carboxylic acids is 3. The Morgan fingerprint density at radius 1 is 1.02 bits per heavy atom. The third-order valence-corrected chi connectivity index (χ3v) is 12.3. The topological polar surface area (TPSA) is 427 Å². The van der Waals surface area contributed by atoms with Crippen molar-refractivity contribution in [2.24, 2.45) is 11.1 Å². The van der Waals surface area contributed by atoms with E-state index in [-0.39, 0.29) is 53.8 Å². The van der Waals surface area contributed by atoms with Crippen LogP contribution in [-0.4, -0.2) is 140 Å². The molecule has 0 aromatic carbocycles. The number of nitrogen functional groups attached to an aromatic ring is 1. The highest BCUT2D eigenvalue weighted by Gasteiger charge is 2.50. The number of aliphatic carboxylic acids is 1. The number of rotatable bonds is 25. The summed E-state index contributed by atoms with van der Waals surface area (Å²) in [6.45, 7) is 0.237. The van der Waals surface area contributed by atoms with Crippen molar-refractivity contribution in [2.75, 3.05) is 37.8 Å². The second kappa shape index (κ2) is 21.7. The molecule has 8 atom stereocenters. The molecule has 31 heteroatoms. The first-order valence-electron chi connectivity index (χ1n) is 17.4. The van der Waals surface area contributed by atoms with Gasteiger partial charge in [-0.25, -0.2) is 28.6 Å². The number of thioether (sulfide) groups is 1. The second-order valence-corrected chi connectivity index (χ2v) is 18.8. The van der Waals surface area contributed by atoms with Crippen LogP contribution in [0.1, 0.15) is 52.2 Å². The number of carboxylic acid groups (broad SMARTS) is 1. The minimum absolute atomic E-state index is 0.0194. The van der Waals surface area contributed by atoms with Crippen molar-refractivity contribution in [3.63, 3.8) is 0 Å². The van der Waals surface area contributed by atoms with E-state index >= 15 is 0 Å². The molecule has 2 aromatic rings. The van der Waals surface area contributed by atoms with Crippen molar-refractivity contribution in [2.45, 2.75) is 82.6 Å². The van der Waals surface area contributed by atoms with Crippen LogP contribution < -0.4 is 22.1 Å². The molecular formula is C28H47N8O19P3S. The molecule has 0 bridgehead atoms. The quantitative estimate of drug-likeness (QED) is 0.0404. The monoisotopic (exact) mass is 924 g/mol. The maximum atomic E-state index is 12.7. The number of fused-ring (bicyclic) bond motifs is 1. The number of imidazole rings is 1. The van der Waals surface area contributed by atoms with Crippen molar-refractivity contribution < 1.29 is 90.4 Å². The number of phosphoric acid groups is 3. The van der Waals surface area contributed by atoms with Gasteiger partial charge in [0.05, 0.1) is 25.6 Å². The molecule has 334 valence electrons. The zero-order valence-electron chi connectivity index (χ0n) is 31.4. The molecule has 3 heterocycles. The van der Waals surface area contributed by atoms with Gasteiger partial charge in [-0.15, -0.1) is 0 Å². The first kappa shape index (κ1) is 50.3. The fourth-order valence-electron chi connectivity index (χ4n) is 5.15. The molecule has 1 aliphatic rings. The average Bonchev–Trinajstić information content (AvgIpc) is 3.69. The van der Waals surface area contributed by atoms with Crippen LogP contribution in [0.25, 0.3) is 11.2 Å². The van der Waals surface area contributed by atoms with E-state index in [0.29, 0.717) is 19.3 Å². The number of unbranched alkanes of at least 4 members (excludes halogenated alkanes) is 1. The number of amides is 2. The van der Waals surface area contributed by atoms with Crippen LogP contribution in [0.15, 0.2) is 12.7 Å². The lowest BCUT2D eigenvalue weighted by Gasteiger charge is -2.30. The number of nitrogens with one attached hydrogen (secondary N) is 2. The molecule has 0 aliphatic carbocycles. The molecule has 27 nitrogen and oxygen atoms in total. The molecular weight excluding hydrogens is 877 g/mol. The average molecular weight is 925 g/mol. The summed E-state index contributed by atoms with van der Waals surface area (Å²) >= 11 is 0.901. The van der Waals surface area contributed by atoms with Gasteiger partial charge >= 0.3 is 29.4 Å². The van der Waals surface area contributed by atoms with Crippen LogP contribution in [0.5, 0.6) is 0 Å². The summed E-state index contributed by atoms with van der Waals surface area (Å²) in [6.07, 6.45) is -5.92. The maximum Gasteiger partial charge on any atom is 0.481 e. The van der Waals surface area contributed by atoms with E-state index in [4.69, 9.17) is 30.4 Å². The number of aliphatic hydroxyl groups excluding tert-OH is 2. The Hall–Kier alpha value is -3.01. The van der Waals surface area contributed by atoms with Gasteiger partial charge in [-0.05, 0) is 12.8 Å². The predicted molar refractivity (Wildman–Crippen MR) is 201 cm³/mol. The minimum Gasteiger partial charge on any atom is -0.481 e. The first-order chi connectivity index (χ1) is 27.3. The van der Waals surface area contributed by atoms with Crippen molar-refractivity contribution in [1.29, 1.82) is 0 Å². The Bertz CT molecular complexity index is 1940. The summed E-state index contributed by atoms with van der Waals surface area (Å²) in [6, 6.07) is -0.776. The van der Waals surface area contributed by atoms with Crippen LogP contribution in [0.3, 0.4) is 0 Å². The Kier molecular flexibility index (Phi) is 18.5. The van der Waals surface area contributed by atoms with Crippen molar-refractivity contribution in [3.8, 4) is 0 Å². The van der Waals surface area contributed by atoms with Gasteiger partial charge in [0.2, 0.25) is 16.9 Å². The number of carboxylic acids is 1. The third-order valence-electron chi connectivity index (χ3n) is 8.20. The predicted octanol–water partition coefficient (Wildman–Crippen LogP) is -1.36. The molecule has 3 unspecified atom stereocenters. The number of nitrogens with zero attached hydrogens (tertiary/aromatic N) is 4. The van der Waals surface area contributed by atoms with Crippen molar-refractivity contribution in [1.82, 2.24) is 30.2 Å². The SMILES string of the molecule is CC(C)(COP(=O)(O)OP(=O)(O)OC[C@H]1O[C@@H](n2cnc3c(N)ncnc32)[C@H](O)[C@@H]1OP(=O)(O)O)[C@@H](O)C(=O)NCCC(=O)NCCSC(=O)C(N)CCCCC(=O)O. The molecule has 2 aromatic heterocycles. The summed E-state index contributed by atoms with van der Waals surface area (Å²) < 4.78 is 62.1. The zero-order chi connectivity index (χ0) is 44.3. The summed E-state index contributed by atoms with van der Waals surface area (Å²) in [4.78, 5) is 98.3. The molecule has 2 amide bonds.